The molecule has 22 heavy (non-hydrogen) atoms. The van der Waals surface area contributed by atoms with E-state index in [9.17, 15) is 9.59 Å². The van der Waals surface area contributed by atoms with Gasteiger partial charge < -0.3 is 11.1 Å². The van der Waals surface area contributed by atoms with Crippen molar-refractivity contribution in [3.05, 3.63) is 53.6 Å². The SMILES string of the molecule is C[C@@H](Nc1ccc2c(c1)Cc1ccccc1-2)C(=O)NC(N)=O. The number of rotatable bonds is 3. The number of hydrogen-bond acceptors (Lipinski definition) is 3. The van der Waals surface area contributed by atoms with E-state index in [0.29, 0.717) is 0 Å². The highest BCUT2D eigenvalue weighted by Crippen LogP contribution is 2.37. The summed E-state index contributed by atoms with van der Waals surface area (Å²) in [5.41, 5.74) is 10.8. The van der Waals surface area contributed by atoms with Crippen LogP contribution in [0, 0.1) is 0 Å². The Balaban J connectivity index is 1.77. The van der Waals surface area contributed by atoms with Gasteiger partial charge in [0.25, 0.3) is 0 Å². The lowest BCUT2D eigenvalue weighted by Crippen LogP contribution is -2.43. The predicted octanol–water partition coefficient (Wildman–Crippen LogP) is 2.25. The number of hydrogen-bond donors (Lipinski definition) is 3. The fourth-order valence-corrected chi connectivity index (χ4v) is 2.78. The van der Waals surface area contributed by atoms with Crippen LogP contribution in [0.2, 0.25) is 0 Å². The molecule has 5 nitrogen and oxygen atoms in total. The number of benzene rings is 2. The van der Waals surface area contributed by atoms with Gasteiger partial charge >= 0.3 is 6.03 Å². The summed E-state index contributed by atoms with van der Waals surface area (Å²) in [6.45, 7) is 1.68. The van der Waals surface area contributed by atoms with Crippen LogP contribution in [0.1, 0.15) is 18.1 Å². The zero-order valence-corrected chi connectivity index (χ0v) is 12.2. The van der Waals surface area contributed by atoms with E-state index in [1.54, 1.807) is 6.92 Å². The summed E-state index contributed by atoms with van der Waals surface area (Å²) in [6.07, 6.45) is 0.892. The predicted molar refractivity (Wildman–Crippen MR) is 85.5 cm³/mol. The molecule has 3 rings (SSSR count). The number of carbonyl (C=O) groups is 2. The van der Waals surface area contributed by atoms with Crippen LogP contribution in [-0.4, -0.2) is 18.0 Å². The summed E-state index contributed by atoms with van der Waals surface area (Å²) in [5.74, 6) is -0.448. The zero-order valence-electron chi connectivity index (χ0n) is 12.2. The Morgan fingerprint density at radius 3 is 2.59 bits per heavy atom. The number of primary amides is 1. The molecule has 1 aliphatic carbocycles. The molecule has 0 aromatic heterocycles. The van der Waals surface area contributed by atoms with Crippen molar-refractivity contribution in [2.75, 3.05) is 5.32 Å². The Kier molecular flexibility index (Phi) is 3.55. The molecule has 0 heterocycles. The van der Waals surface area contributed by atoms with Crippen LogP contribution >= 0.6 is 0 Å². The van der Waals surface area contributed by atoms with Crippen molar-refractivity contribution >= 4 is 17.6 Å². The van der Waals surface area contributed by atoms with Crippen molar-refractivity contribution in [2.24, 2.45) is 5.73 Å². The summed E-state index contributed by atoms with van der Waals surface area (Å²) >= 11 is 0. The average Bonchev–Trinajstić information content (AvgIpc) is 2.84. The first-order chi connectivity index (χ1) is 10.5. The maximum Gasteiger partial charge on any atom is 0.318 e. The maximum absolute atomic E-state index is 11.7. The zero-order chi connectivity index (χ0) is 15.7. The molecule has 0 spiro atoms. The molecule has 2 aromatic rings. The number of imide groups is 1. The first-order valence-corrected chi connectivity index (χ1v) is 7.12. The number of nitrogens with two attached hydrogens (primary N) is 1. The van der Waals surface area contributed by atoms with Gasteiger partial charge in [-0.2, -0.15) is 0 Å². The van der Waals surface area contributed by atoms with E-state index < -0.39 is 18.0 Å². The third-order valence-corrected chi connectivity index (χ3v) is 3.82. The molecule has 1 aliphatic rings. The standard InChI is InChI=1S/C17H17N3O2/c1-10(16(21)20-17(18)22)19-13-6-7-15-12(9-13)8-11-4-2-3-5-14(11)15/h2-7,9-10,19H,8H2,1H3,(H3,18,20,21,22)/t10-/m1/s1. The van der Waals surface area contributed by atoms with Crippen LogP contribution in [0.25, 0.3) is 11.1 Å². The number of fused-ring (bicyclic) bond motifs is 3. The molecular weight excluding hydrogens is 278 g/mol. The van der Waals surface area contributed by atoms with Gasteiger partial charge in [-0.05, 0) is 47.7 Å². The topological polar surface area (TPSA) is 84.2 Å². The van der Waals surface area contributed by atoms with E-state index in [0.717, 1.165) is 12.1 Å². The summed E-state index contributed by atoms with van der Waals surface area (Å²) in [7, 11) is 0. The van der Waals surface area contributed by atoms with E-state index in [-0.39, 0.29) is 0 Å². The summed E-state index contributed by atoms with van der Waals surface area (Å²) in [6, 6.07) is 13.0. The molecule has 4 N–H and O–H groups in total. The van der Waals surface area contributed by atoms with Crippen molar-refractivity contribution in [2.45, 2.75) is 19.4 Å². The molecule has 2 aromatic carbocycles. The van der Waals surface area contributed by atoms with E-state index >= 15 is 0 Å². The van der Waals surface area contributed by atoms with E-state index in [2.05, 4.69) is 28.8 Å². The second kappa shape index (κ2) is 5.52. The largest absolute Gasteiger partial charge is 0.374 e. The Labute approximate surface area is 128 Å². The van der Waals surface area contributed by atoms with Gasteiger partial charge in [0.15, 0.2) is 0 Å². The normalized spacial score (nSPS) is 13.0. The van der Waals surface area contributed by atoms with Crippen LogP contribution in [0.5, 0.6) is 0 Å². The van der Waals surface area contributed by atoms with Crippen LogP contribution < -0.4 is 16.4 Å². The quantitative estimate of drug-likeness (QED) is 0.693. The molecule has 0 unspecified atom stereocenters. The Morgan fingerprint density at radius 1 is 1.09 bits per heavy atom. The highest BCUT2D eigenvalue weighted by atomic mass is 16.2. The molecule has 0 saturated carbocycles. The molecule has 0 aliphatic heterocycles. The molecule has 0 fully saturated rings. The van der Waals surface area contributed by atoms with E-state index in [1.165, 1.54) is 22.3 Å². The number of amides is 3. The molecule has 0 saturated heterocycles. The number of urea groups is 1. The molecule has 5 heteroatoms. The lowest BCUT2D eigenvalue weighted by molar-refractivity contribution is -0.120. The fourth-order valence-electron chi connectivity index (χ4n) is 2.78. The molecule has 112 valence electrons. The van der Waals surface area contributed by atoms with Gasteiger partial charge in [0.1, 0.15) is 6.04 Å². The minimum Gasteiger partial charge on any atom is -0.374 e. The van der Waals surface area contributed by atoms with Crippen LogP contribution in [-0.2, 0) is 11.2 Å². The van der Waals surface area contributed by atoms with E-state index in [1.807, 2.05) is 24.3 Å². The van der Waals surface area contributed by atoms with Crippen molar-refractivity contribution in [1.29, 1.82) is 0 Å². The highest BCUT2D eigenvalue weighted by Gasteiger charge is 2.19. The summed E-state index contributed by atoms with van der Waals surface area (Å²) in [5, 5.41) is 5.15. The summed E-state index contributed by atoms with van der Waals surface area (Å²) in [4.78, 5) is 22.4. The number of nitrogens with one attached hydrogen (secondary N) is 2. The molecule has 1 atom stereocenters. The van der Waals surface area contributed by atoms with Crippen LogP contribution in [0.3, 0.4) is 0 Å². The minimum atomic E-state index is -0.844. The second-order valence-corrected chi connectivity index (χ2v) is 5.43. The van der Waals surface area contributed by atoms with Gasteiger partial charge in [0.05, 0.1) is 0 Å². The minimum absolute atomic E-state index is 0.448. The summed E-state index contributed by atoms with van der Waals surface area (Å²) < 4.78 is 0. The Hall–Kier alpha value is -2.82. The second-order valence-electron chi connectivity index (χ2n) is 5.43. The molecule has 3 amide bonds. The van der Waals surface area contributed by atoms with Crippen LogP contribution in [0.15, 0.2) is 42.5 Å². The third-order valence-electron chi connectivity index (χ3n) is 3.82. The molecule has 0 radical (unpaired) electrons. The Bertz CT molecular complexity index is 755. The first kappa shape index (κ1) is 14.1. The average molecular weight is 295 g/mol. The lowest BCUT2D eigenvalue weighted by atomic mass is 10.1. The van der Waals surface area contributed by atoms with Gasteiger partial charge in [-0.25, -0.2) is 4.79 Å². The van der Waals surface area contributed by atoms with Gasteiger partial charge in [-0.3, -0.25) is 10.1 Å². The Morgan fingerprint density at radius 2 is 1.82 bits per heavy atom. The smallest absolute Gasteiger partial charge is 0.318 e. The number of anilines is 1. The number of carbonyl (C=O) groups excluding carboxylic acids is 2. The highest BCUT2D eigenvalue weighted by molar-refractivity contribution is 5.97. The molecule has 0 bridgehead atoms. The first-order valence-electron chi connectivity index (χ1n) is 7.12. The van der Waals surface area contributed by atoms with Crippen molar-refractivity contribution in [1.82, 2.24) is 5.32 Å². The van der Waals surface area contributed by atoms with Gasteiger partial charge in [-0.15, -0.1) is 0 Å². The fraction of sp³-hybridized carbons (Fsp3) is 0.176. The van der Waals surface area contributed by atoms with Gasteiger partial charge in [0, 0.05) is 5.69 Å². The third kappa shape index (κ3) is 2.65. The van der Waals surface area contributed by atoms with Crippen molar-refractivity contribution in [3.8, 4) is 11.1 Å². The van der Waals surface area contributed by atoms with Crippen molar-refractivity contribution < 1.29 is 9.59 Å². The van der Waals surface area contributed by atoms with Gasteiger partial charge in [-0.1, -0.05) is 30.3 Å². The lowest BCUT2D eigenvalue weighted by Gasteiger charge is -2.15. The maximum atomic E-state index is 11.7. The molecular formula is C17H17N3O2. The van der Waals surface area contributed by atoms with Gasteiger partial charge in [0.2, 0.25) is 5.91 Å². The van der Waals surface area contributed by atoms with Crippen LogP contribution in [0.4, 0.5) is 10.5 Å². The van der Waals surface area contributed by atoms with Crippen molar-refractivity contribution in [3.63, 3.8) is 0 Å². The van der Waals surface area contributed by atoms with E-state index in [4.69, 9.17) is 5.73 Å². The monoisotopic (exact) mass is 295 g/mol.